The van der Waals surface area contributed by atoms with Crippen molar-refractivity contribution in [3.05, 3.63) is 57.6 Å². The van der Waals surface area contributed by atoms with E-state index < -0.39 is 22.0 Å². The first-order valence-electron chi connectivity index (χ1n) is 8.37. The molecule has 0 aromatic heterocycles. The monoisotopic (exact) mass is 428 g/mol. The molecular weight excluding hydrogens is 407 g/mol. The van der Waals surface area contributed by atoms with Gasteiger partial charge in [-0.1, -0.05) is 36.2 Å². The molecule has 0 fully saturated rings. The smallest absolute Gasteiger partial charge is 0.248 e. The third-order valence-electron chi connectivity index (χ3n) is 4.26. The zero-order chi connectivity index (χ0) is 20.4. The highest BCUT2D eigenvalue weighted by molar-refractivity contribution is 7.92. The summed E-state index contributed by atoms with van der Waals surface area (Å²) in [5, 5.41) is 3.42. The fourth-order valence-corrected chi connectivity index (χ4v) is 4.39. The Morgan fingerprint density at radius 1 is 1.11 bits per heavy atom. The maximum Gasteiger partial charge on any atom is 0.248 e. The van der Waals surface area contributed by atoms with Gasteiger partial charge in [0, 0.05) is 5.02 Å². The molecule has 0 aliphatic carbocycles. The van der Waals surface area contributed by atoms with E-state index in [1.807, 2.05) is 19.9 Å². The molecule has 5 nitrogen and oxygen atoms in total. The van der Waals surface area contributed by atoms with Crippen LogP contribution in [0, 0.1) is 13.8 Å². The van der Waals surface area contributed by atoms with Crippen LogP contribution < -0.4 is 9.62 Å². The molecule has 2 aromatic rings. The molecule has 0 heterocycles. The number of amides is 1. The molecule has 0 radical (unpaired) electrons. The third kappa shape index (κ3) is 5.15. The van der Waals surface area contributed by atoms with Crippen molar-refractivity contribution in [2.75, 3.05) is 15.9 Å². The normalized spacial score (nSPS) is 12.5. The van der Waals surface area contributed by atoms with Gasteiger partial charge in [-0.3, -0.25) is 9.10 Å². The average Bonchev–Trinajstić information content (AvgIpc) is 2.56. The summed E-state index contributed by atoms with van der Waals surface area (Å²) in [7, 11) is -3.69. The lowest BCUT2D eigenvalue weighted by Gasteiger charge is -2.30. The molecule has 27 heavy (non-hydrogen) atoms. The largest absolute Gasteiger partial charge is 0.323 e. The molecule has 1 N–H and O–H groups in total. The van der Waals surface area contributed by atoms with Crippen LogP contribution in [0.1, 0.15) is 24.5 Å². The Bertz CT molecular complexity index is 961. The Kier molecular flexibility index (Phi) is 6.78. The highest BCUT2D eigenvalue weighted by Gasteiger charge is 2.32. The molecule has 2 rings (SSSR count). The number of anilines is 2. The van der Waals surface area contributed by atoms with Crippen LogP contribution in [-0.4, -0.2) is 26.6 Å². The van der Waals surface area contributed by atoms with Crippen LogP contribution >= 0.6 is 23.2 Å². The molecule has 0 saturated carbocycles. The molecule has 2 aromatic carbocycles. The first-order valence-corrected chi connectivity index (χ1v) is 11.0. The van der Waals surface area contributed by atoms with E-state index in [0.717, 1.165) is 21.7 Å². The van der Waals surface area contributed by atoms with E-state index in [4.69, 9.17) is 23.2 Å². The predicted molar refractivity (Wildman–Crippen MR) is 112 cm³/mol. The van der Waals surface area contributed by atoms with Crippen LogP contribution in [0.5, 0.6) is 0 Å². The third-order valence-corrected chi connectivity index (χ3v) is 5.99. The van der Waals surface area contributed by atoms with Gasteiger partial charge in [-0.15, -0.1) is 0 Å². The summed E-state index contributed by atoms with van der Waals surface area (Å²) in [6, 6.07) is 9.07. The number of aryl methyl sites for hydroxylation is 2. The molecular formula is C19H22Cl2N2O3S. The minimum absolute atomic E-state index is 0.280. The van der Waals surface area contributed by atoms with Crippen LogP contribution in [0.25, 0.3) is 0 Å². The molecule has 1 atom stereocenters. The first kappa shape index (κ1) is 21.5. The number of halogens is 2. The van der Waals surface area contributed by atoms with Gasteiger partial charge in [0.2, 0.25) is 15.9 Å². The van der Waals surface area contributed by atoms with Crippen LogP contribution in [0.2, 0.25) is 10.0 Å². The number of sulfonamides is 1. The summed E-state index contributed by atoms with van der Waals surface area (Å²) in [6.45, 7) is 5.59. The fourth-order valence-electron chi connectivity index (χ4n) is 2.73. The Hall–Kier alpha value is -1.76. The highest BCUT2D eigenvalue weighted by atomic mass is 35.5. The van der Waals surface area contributed by atoms with Crippen molar-refractivity contribution >= 4 is 50.5 Å². The molecule has 0 aliphatic rings. The van der Waals surface area contributed by atoms with Gasteiger partial charge in [0.1, 0.15) is 6.04 Å². The second-order valence-electron chi connectivity index (χ2n) is 6.36. The van der Waals surface area contributed by atoms with Gasteiger partial charge < -0.3 is 5.32 Å². The van der Waals surface area contributed by atoms with E-state index in [0.29, 0.717) is 16.4 Å². The van der Waals surface area contributed by atoms with E-state index >= 15 is 0 Å². The first-order chi connectivity index (χ1) is 12.5. The van der Waals surface area contributed by atoms with Gasteiger partial charge in [0.15, 0.2) is 0 Å². The number of nitrogens with one attached hydrogen (secondary N) is 1. The van der Waals surface area contributed by atoms with Gasteiger partial charge in [-0.25, -0.2) is 8.42 Å². The Labute approximate surface area is 170 Å². The molecule has 1 amide bonds. The maximum absolute atomic E-state index is 12.9. The van der Waals surface area contributed by atoms with Gasteiger partial charge in [-0.2, -0.15) is 0 Å². The van der Waals surface area contributed by atoms with Crippen molar-refractivity contribution in [3.63, 3.8) is 0 Å². The molecule has 8 heteroatoms. The van der Waals surface area contributed by atoms with Gasteiger partial charge in [-0.05, 0) is 61.7 Å². The Morgan fingerprint density at radius 3 is 2.30 bits per heavy atom. The average molecular weight is 429 g/mol. The topological polar surface area (TPSA) is 66.5 Å². The number of benzene rings is 2. The standard InChI is InChI=1S/C19H22Cl2N2O3S/c1-5-18(19(24)22-17-9-7-14(20)11-16(17)21)23(27(4,25)26)15-8-6-12(2)13(3)10-15/h6-11,18H,5H2,1-4H3,(H,22,24)/t18-/m1/s1. The zero-order valence-electron chi connectivity index (χ0n) is 15.6. The van der Waals surface area contributed by atoms with Gasteiger partial charge in [0.05, 0.1) is 22.7 Å². The Balaban J connectivity index is 2.42. The van der Waals surface area contributed by atoms with Crippen molar-refractivity contribution in [3.8, 4) is 0 Å². The summed E-state index contributed by atoms with van der Waals surface area (Å²) in [4.78, 5) is 12.9. The number of nitrogens with zero attached hydrogens (tertiary/aromatic N) is 1. The quantitative estimate of drug-likeness (QED) is 0.718. The molecule has 0 aliphatic heterocycles. The van der Waals surface area contributed by atoms with E-state index in [-0.39, 0.29) is 11.4 Å². The number of hydrogen-bond donors (Lipinski definition) is 1. The van der Waals surface area contributed by atoms with Crippen LogP contribution in [0.15, 0.2) is 36.4 Å². The van der Waals surface area contributed by atoms with E-state index in [1.165, 1.54) is 6.07 Å². The maximum atomic E-state index is 12.9. The number of rotatable bonds is 6. The molecule has 146 valence electrons. The van der Waals surface area contributed by atoms with Crippen molar-refractivity contribution in [1.82, 2.24) is 0 Å². The van der Waals surface area contributed by atoms with Crippen LogP contribution in [0.4, 0.5) is 11.4 Å². The predicted octanol–water partition coefficient (Wildman–Crippen LogP) is 4.79. The van der Waals surface area contributed by atoms with Crippen molar-refractivity contribution in [2.45, 2.75) is 33.2 Å². The van der Waals surface area contributed by atoms with Crippen molar-refractivity contribution in [2.24, 2.45) is 0 Å². The lowest BCUT2D eigenvalue weighted by molar-refractivity contribution is -0.117. The number of carbonyl (C=O) groups excluding carboxylic acids is 1. The summed E-state index contributed by atoms with van der Waals surface area (Å²) in [5.41, 5.74) is 2.80. The number of hydrogen-bond acceptors (Lipinski definition) is 3. The van der Waals surface area contributed by atoms with E-state index in [2.05, 4.69) is 5.32 Å². The molecule has 0 spiro atoms. The summed E-state index contributed by atoms with van der Waals surface area (Å²) < 4.78 is 26.2. The minimum atomic E-state index is -3.69. The fraction of sp³-hybridized carbons (Fsp3) is 0.316. The SMILES string of the molecule is CC[C@H](C(=O)Nc1ccc(Cl)cc1Cl)N(c1ccc(C)c(C)c1)S(C)(=O)=O. The lowest BCUT2D eigenvalue weighted by atomic mass is 10.1. The van der Waals surface area contributed by atoms with E-state index in [1.54, 1.807) is 31.2 Å². The van der Waals surface area contributed by atoms with Crippen LogP contribution in [-0.2, 0) is 14.8 Å². The second-order valence-corrected chi connectivity index (χ2v) is 9.07. The van der Waals surface area contributed by atoms with Crippen LogP contribution in [0.3, 0.4) is 0 Å². The van der Waals surface area contributed by atoms with Gasteiger partial charge >= 0.3 is 0 Å². The molecule has 0 unspecified atom stereocenters. The zero-order valence-corrected chi connectivity index (χ0v) is 17.9. The summed E-state index contributed by atoms with van der Waals surface area (Å²) in [6.07, 6.45) is 1.38. The van der Waals surface area contributed by atoms with Gasteiger partial charge in [0.25, 0.3) is 0 Å². The van der Waals surface area contributed by atoms with E-state index in [9.17, 15) is 13.2 Å². The minimum Gasteiger partial charge on any atom is -0.323 e. The highest BCUT2D eigenvalue weighted by Crippen LogP contribution is 2.28. The second kappa shape index (κ2) is 8.50. The lowest BCUT2D eigenvalue weighted by Crippen LogP contribution is -2.47. The Morgan fingerprint density at radius 2 is 1.78 bits per heavy atom. The summed E-state index contributed by atoms with van der Waals surface area (Å²) in [5.74, 6) is -0.467. The number of carbonyl (C=O) groups is 1. The molecule has 0 saturated heterocycles. The molecule has 0 bridgehead atoms. The summed E-state index contributed by atoms with van der Waals surface area (Å²) >= 11 is 12.0. The van der Waals surface area contributed by atoms with Crippen molar-refractivity contribution < 1.29 is 13.2 Å². The van der Waals surface area contributed by atoms with Crippen molar-refractivity contribution in [1.29, 1.82) is 0 Å².